The Labute approximate surface area is 224 Å². The summed E-state index contributed by atoms with van der Waals surface area (Å²) >= 11 is 1.67. The van der Waals surface area contributed by atoms with Gasteiger partial charge >= 0.3 is 5.97 Å². The van der Waals surface area contributed by atoms with Crippen molar-refractivity contribution in [2.45, 2.75) is 43.9 Å². The Bertz CT molecular complexity index is 1350. The van der Waals surface area contributed by atoms with E-state index in [1.807, 2.05) is 30.3 Å². The largest absolute Gasteiger partial charge is 0.478 e. The molecule has 0 saturated heterocycles. The molecule has 0 spiro atoms. The van der Waals surface area contributed by atoms with Crippen molar-refractivity contribution >= 4 is 46.9 Å². The third-order valence-corrected chi connectivity index (χ3v) is 7.21. The Hall–Kier alpha value is -4.12. The summed E-state index contributed by atoms with van der Waals surface area (Å²) < 4.78 is 0. The van der Waals surface area contributed by atoms with Crippen LogP contribution in [-0.4, -0.2) is 50.9 Å². The topological polar surface area (TPSA) is 154 Å². The number of aromatic nitrogens is 2. The van der Waals surface area contributed by atoms with Crippen LogP contribution in [0.15, 0.2) is 58.7 Å². The number of anilines is 2. The highest BCUT2D eigenvalue weighted by Gasteiger charge is 2.34. The zero-order valence-corrected chi connectivity index (χ0v) is 21.9. The van der Waals surface area contributed by atoms with Gasteiger partial charge in [-0.15, -0.1) is 11.8 Å². The van der Waals surface area contributed by atoms with Gasteiger partial charge in [0.25, 0.3) is 11.8 Å². The lowest BCUT2D eigenvalue weighted by Crippen LogP contribution is -2.32. The van der Waals surface area contributed by atoms with Crippen LogP contribution >= 0.6 is 11.8 Å². The van der Waals surface area contributed by atoms with Crippen LogP contribution in [0.4, 0.5) is 11.6 Å². The molecule has 0 aliphatic carbocycles. The van der Waals surface area contributed by atoms with Crippen molar-refractivity contribution in [2.24, 2.45) is 5.10 Å². The first kappa shape index (κ1) is 26.9. The van der Waals surface area contributed by atoms with Crippen molar-refractivity contribution in [2.75, 3.05) is 22.9 Å². The summed E-state index contributed by atoms with van der Waals surface area (Å²) in [6.45, 7) is 2.69. The third kappa shape index (κ3) is 6.41. The summed E-state index contributed by atoms with van der Waals surface area (Å²) in [5.41, 5.74) is 11.1. The Balaban J connectivity index is 1.45. The lowest BCUT2D eigenvalue weighted by atomic mass is 10.1. The minimum Gasteiger partial charge on any atom is -0.478 e. The highest BCUT2D eigenvalue weighted by molar-refractivity contribution is 7.99. The van der Waals surface area contributed by atoms with E-state index >= 15 is 0 Å². The highest BCUT2D eigenvalue weighted by Crippen LogP contribution is 2.33. The van der Waals surface area contributed by atoms with Gasteiger partial charge in [-0.25, -0.2) is 15.2 Å². The smallest absolute Gasteiger partial charge is 0.335 e. The van der Waals surface area contributed by atoms with Gasteiger partial charge in [-0.2, -0.15) is 5.10 Å². The van der Waals surface area contributed by atoms with Crippen LogP contribution in [-0.2, 0) is 11.2 Å². The maximum atomic E-state index is 13.3. The molecule has 2 heterocycles. The van der Waals surface area contributed by atoms with Crippen molar-refractivity contribution in [3.8, 4) is 0 Å². The van der Waals surface area contributed by atoms with Crippen LogP contribution < -0.4 is 16.1 Å². The molecule has 2 amide bonds. The fraction of sp³-hybridized carbons (Fsp3) is 0.296. The zero-order valence-electron chi connectivity index (χ0n) is 21.1. The summed E-state index contributed by atoms with van der Waals surface area (Å²) in [6.07, 6.45) is 6.03. The minimum atomic E-state index is -0.931. The number of carbonyl (C=O) groups excluding carboxylic acids is 2. The number of carboxylic acids is 1. The fourth-order valence-corrected chi connectivity index (χ4v) is 5.02. The van der Waals surface area contributed by atoms with E-state index in [4.69, 9.17) is 10.8 Å². The molecule has 1 aromatic heterocycles. The van der Waals surface area contributed by atoms with E-state index in [-0.39, 0.29) is 28.8 Å². The first-order valence-corrected chi connectivity index (χ1v) is 13.5. The van der Waals surface area contributed by atoms with E-state index in [0.29, 0.717) is 12.1 Å². The van der Waals surface area contributed by atoms with Crippen molar-refractivity contribution in [1.82, 2.24) is 15.4 Å². The van der Waals surface area contributed by atoms with Crippen LogP contribution in [0, 0.1) is 0 Å². The van der Waals surface area contributed by atoms with Gasteiger partial charge in [-0.05, 0) is 60.9 Å². The number of unbranched alkanes of at least 4 members (excludes halogenated alkanes) is 2. The first-order valence-electron chi connectivity index (χ1n) is 12.5. The monoisotopic (exact) mass is 534 g/mol. The van der Waals surface area contributed by atoms with Crippen molar-refractivity contribution in [1.29, 1.82) is 0 Å². The number of hydrogen-bond acceptors (Lipinski definition) is 7. The van der Waals surface area contributed by atoms with Crippen LogP contribution in [0.2, 0.25) is 0 Å². The number of H-pyrrole nitrogens is 1. The molecule has 2 aromatic carbocycles. The van der Waals surface area contributed by atoms with Gasteiger partial charge < -0.3 is 20.7 Å². The average molecular weight is 535 g/mol. The zero-order chi connectivity index (χ0) is 27.1. The lowest BCUT2D eigenvalue weighted by Gasteiger charge is -2.16. The number of hydrogen-bond donors (Lipinski definition) is 4. The number of nitrogens with one attached hydrogen (secondary N) is 2. The predicted octanol–water partition coefficient (Wildman–Crippen LogP) is 4.09. The number of carbonyl (C=O) groups is 3. The maximum Gasteiger partial charge on any atom is 0.335 e. The van der Waals surface area contributed by atoms with Gasteiger partial charge in [-0.3, -0.25) is 9.59 Å². The molecule has 4 rings (SSSR count). The van der Waals surface area contributed by atoms with E-state index in [0.717, 1.165) is 54.0 Å². The first-order chi connectivity index (χ1) is 18.4. The molecular weight excluding hydrogens is 504 g/mol. The number of nitrogen functional groups attached to an aromatic ring is 1. The van der Waals surface area contributed by atoms with Crippen molar-refractivity contribution in [3.63, 3.8) is 0 Å². The Morgan fingerprint density at radius 2 is 1.95 bits per heavy atom. The summed E-state index contributed by atoms with van der Waals surface area (Å²) in [5.74, 6) is -0.779. The number of benzene rings is 2. The summed E-state index contributed by atoms with van der Waals surface area (Å²) in [5, 5.41) is 13.2. The number of thioether (sulfide) groups is 1. The molecule has 0 atom stereocenters. The number of aromatic carboxylic acids is 1. The van der Waals surface area contributed by atoms with E-state index in [2.05, 4.69) is 27.4 Å². The molecule has 198 valence electrons. The van der Waals surface area contributed by atoms with Crippen molar-refractivity contribution < 1.29 is 19.5 Å². The molecule has 3 aromatic rings. The average Bonchev–Trinajstić information content (AvgIpc) is 3.46. The highest BCUT2D eigenvalue weighted by atomic mass is 32.2. The van der Waals surface area contributed by atoms with Gasteiger partial charge in [-0.1, -0.05) is 31.9 Å². The normalized spacial score (nSPS) is 13.7. The summed E-state index contributed by atoms with van der Waals surface area (Å²) in [7, 11) is 0. The number of hydrazone groups is 1. The standard InChI is InChI=1S/C27H30N6O4S/c1-2-3-4-13-33-22-12-11-19(38-14-5-6-17-7-9-18(10-8-17)26(36)37)15-20(22)23(25(33)35)31-32-24(34)21-16-29-27(28)30-21/h7-12,15-16H,2-6,13-14H2,1H3,(H,32,34)(H,36,37)(H3,28,29,30). The molecule has 1 aliphatic rings. The molecule has 0 bridgehead atoms. The van der Waals surface area contributed by atoms with Crippen LogP contribution in [0.3, 0.4) is 0 Å². The van der Waals surface area contributed by atoms with Gasteiger partial charge in [0.15, 0.2) is 11.7 Å². The van der Waals surface area contributed by atoms with E-state index in [1.165, 1.54) is 6.20 Å². The third-order valence-electron chi connectivity index (χ3n) is 6.13. The minimum absolute atomic E-state index is 0.0826. The molecule has 1 aliphatic heterocycles. The number of fused-ring (bicyclic) bond motifs is 1. The molecule has 0 saturated carbocycles. The molecule has 0 fully saturated rings. The Kier molecular flexibility index (Phi) is 8.80. The number of rotatable bonds is 12. The van der Waals surface area contributed by atoms with Crippen LogP contribution in [0.25, 0.3) is 0 Å². The number of aryl methyl sites for hydroxylation is 1. The predicted molar refractivity (Wildman–Crippen MR) is 148 cm³/mol. The quantitative estimate of drug-likeness (QED) is 0.155. The SMILES string of the molecule is CCCCCN1C(=O)C(=NNC(=O)c2c[nH]c(N)n2)c2cc(SCCCc3ccc(C(=O)O)cc3)ccc21. The second kappa shape index (κ2) is 12.4. The second-order valence-electron chi connectivity index (χ2n) is 8.87. The Morgan fingerprint density at radius 1 is 1.16 bits per heavy atom. The van der Waals surface area contributed by atoms with E-state index in [9.17, 15) is 14.4 Å². The van der Waals surface area contributed by atoms with E-state index in [1.54, 1.807) is 28.8 Å². The summed E-state index contributed by atoms with van der Waals surface area (Å²) in [6, 6.07) is 12.8. The number of nitrogens with two attached hydrogens (primary N) is 1. The molecule has 0 unspecified atom stereocenters. The van der Waals surface area contributed by atoms with E-state index < -0.39 is 11.9 Å². The number of imidazole rings is 1. The Morgan fingerprint density at radius 3 is 2.63 bits per heavy atom. The van der Waals surface area contributed by atoms with Gasteiger partial charge in [0.2, 0.25) is 0 Å². The van der Waals surface area contributed by atoms with Gasteiger partial charge in [0.05, 0.1) is 11.3 Å². The summed E-state index contributed by atoms with van der Waals surface area (Å²) in [4.78, 5) is 45.9. The van der Waals surface area contributed by atoms with Gasteiger partial charge in [0.1, 0.15) is 5.69 Å². The number of amides is 2. The number of nitrogens with zero attached hydrogens (tertiary/aromatic N) is 3. The molecule has 38 heavy (non-hydrogen) atoms. The molecule has 10 nitrogen and oxygen atoms in total. The molecule has 5 N–H and O–H groups in total. The fourth-order valence-electron chi connectivity index (χ4n) is 4.13. The number of carboxylic acid groups (broad SMARTS) is 1. The second-order valence-corrected chi connectivity index (χ2v) is 10.0. The van der Waals surface area contributed by atoms with Crippen LogP contribution in [0.1, 0.15) is 64.6 Å². The molecule has 0 radical (unpaired) electrons. The lowest BCUT2D eigenvalue weighted by molar-refractivity contribution is -0.112. The number of aromatic amines is 1. The van der Waals surface area contributed by atoms with Crippen LogP contribution in [0.5, 0.6) is 0 Å². The maximum absolute atomic E-state index is 13.3. The van der Waals surface area contributed by atoms with Crippen molar-refractivity contribution in [3.05, 3.63) is 71.0 Å². The van der Waals surface area contributed by atoms with Gasteiger partial charge in [0, 0.05) is 23.2 Å². The molecule has 11 heteroatoms. The molecular formula is C27H30N6O4S.